The van der Waals surface area contributed by atoms with Crippen LogP contribution in [0, 0.1) is 0 Å². The summed E-state index contributed by atoms with van der Waals surface area (Å²) in [6.45, 7) is 1.97. The van der Waals surface area contributed by atoms with Crippen LogP contribution in [-0.2, 0) is 7.05 Å². The van der Waals surface area contributed by atoms with E-state index in [-0.39, 0.29) is 18.3 Å². The van der Waals surface area contributed by atoms with E-state index in [0.29, 0.717) is 23.2 Å². The van der Waals surface area contributed by atoms with Crippen LogP contribution in [0.25, 0.3) is 0 Å². The molecule has 1 aliphatic rings. The number of benzene rings is 1. The first kappa shape index (κ1) is 18.2. The largest absolute Gasteiger partial charge is 0.497 e. The SMILES string of the molecule is COc1ccc(C(=O)Nc2nc(C3CCNCC3)nn2C)cc1.Cl. The molecule has 0 atom stereocenters. The Morgan fingerprint density at radius 1 is 1.29 bits per heavy atom. The van der Waals surface area contributed by atoms with Crippen molar-refractivity contribution in [1.29, 1.82) is 0 Å². The van der Waals surface area contributed by atoms with Crippen LogP contribution in [-0.4, -0.2) is 40.9 Å². The molecule has 0 unspecified atom stereocenters. The quantitative estimate of drug-likeness (QED) is 0.880. The van der Waals surface area contributed by atoms with E-state index in [1.807, 2.05) is 0 Å². The molecule has 1 aromatic heterocycles. The Balaban J connectivity index is 0.00000208. The van der Waals surface area contributed by atoms with Crippen LogP contribution in [0.5, 0.6) is 5.75 Å². The summed E-state index contributed by atoms with van der Waals surface area (Å²) in [4.78, 5) is 16.8. The number of methoxy groups -OCH3 is 1. The molecular weight excluding hydrogens is 330 g/mol. The van der Waals surface area contributed by atoms with Gasteiger partial charge in [0.15, 0.2) is 5.82 Å². The van der Waals surface area contributed by atoms with Crippen molar-refractivity contribution in [3.8, 4) is 5.75 Å². The zero-order chi connectivity index (χ0) is 16.2. The summed E-state index contributed by atoms with van der Waals surface area (Å²) in [5.41, 5.74) is 0.553. The Hall–Kier alpha value is -2.12. The smallest absolute Gasteiger partial charge is 0.258 e. The maximum Gasteiger partial charge on any atom is 0.258 e. The van der Waals surface area contributed by atoms with Crippen molar-refractivity contribution < 1.29 is 9.53 Å². The Kier molecular flexibility index (Phi) is 6.16. The monoisotopic (exact) mass is 351 g/mol. The van der Waals surface area contributed by atoms with E-state index < -0.39 is 0 Å². The molecule has 2 N–H and O–H groups in total. The first-order valence-corrected chi connectivity index (χ1v) is 7.74. The first-order chi connectivity index (χ1) is 11.2. The zero-order valence-corrected chi connectivity index (χ0v) is 14.6. The van der Waals surface area contributed by atoms with Gasteiger partial charge < -0.3 is 10.1 Å². The maximum absolute atomic E-state index is 12.3. The van der Waals surface area contributed by atoms with Gasteiger partial charge in [-0.2, -0.15) is 10.1 Å². The highest BCUT2D eigenvalue weighted by Gasteiger charge is 2.21. The number of nitrogens with one attached hydrogen (secondary N) is 2. The number of hydrogen-bond donors (Lipinski definition) is 2. The number of aromatic nitrogens is 3. The standard InChI is InChI=1S/C16H21N5O2.ClH/c1-21-16(18-14(20-21)11-7-9-17-10-8-11)19-15(22)12-3-5-13(23-2)6-4-12;/h3-6,11,17H,7-10H2,1-2H3,(H,18,19,20,22);1H. The number of nitrogens with zero attached hydrogens (tertiary/aromatic N) is 3. The summed E-state index contributed by atoms with van der Waals surface area (Å²) in [7, 11) is 3.39. The van der Waals surface area contributed by atoms with Crippen LogP contribution in [0.4, 0.5) is 5.95 Å². The topological polar surface area (TPSA) is 81.1 Å². The third kappa shape index (κ3) is 4.04. The number of halogens is 1. The van der Waals surface area contributed by atoms with Crippen LogP contribution < -0.4 is 15.4 Å². The molecule has 130 valence electrons. The second-order valence-electron chi connectivity index (χ2n) is 5.62. The molecule has 1 aromatic carbocycles. The van der Waals surface area contributed by atoms with Crippen LogP contribution >= 0.6 is 12.4 Å². The average Bonchev–Trinajstić information content (AvgIpc) is 2.96. The fourth-order valence-electron chi connectivity index (χ4n) is 2.68. The molecule has 0 radical (unpaired) electrons. The van der Waals surface area contributed by atoms with Gasteiger partial charge in [-0.3, -0.25) is 10.1 Å². The second kappa shape index (κ2) is 8.12. The van der Waals surface area contributed by atoms with Crippen molar-refractivity contribution in [3.05, 3.63) is 35.7 Å². The fraction of sp³-hybridized carbons (Fsp3) is 0.438. The number of carbonyl (C=O) groups is 1. The van der Waals surface area contributed by atoms with Crippen molar-refractivity contribution in [3.63, 3.8) is 0 Å². The second-order valence-corrected chi connectivity index (χ2v) is 5.62. The summed E-state index contributed by atoms with van der Waals surface area (Å²) < 4.78 is 6.72. The summed E-state index contributed by atoms with van der Waals surface area (Å²) >= 11 is 0. The Labute approximate surface area is 147 Å². The molecule has 7 nitrogen and oxygen atoms in total. The predicted octanol–water partition coefficient (Wildman–Crippen LogP) is 1.96. The molecule has 1 aliphatic heterocycles. The van der Waals surface area contributed by atoms with Crippen LogP contribution in [0.2, 0.25) is 0 Å². The number of anilines is 1. The van der Waals surface area contributed by atoms with Crippen molar-refractivity contribution in [2.75, 3.05) is 25.5 Å². The molecule has 3 rings (SSSR count). The van der Waals surface area contributed by atoms with Gasteiger partial charge in [0, 0.05) is 18.5 Å². The molecule has 0 bridgehead atoms. The number of rotatable bonds is 4. The van der Waals surface area contributed by atoms with Crippen molar-refractivity contribution in [2.45, 2.75) is 18.8 Å². The van der Waals surface area contributed by atoms with Crippen molar-refractivity contribution in [1.82, 2.24) is 20.1 Å². The highest BCUT2D eigenvalue weighted by molar-refractivity contribution is 6.03. The lowest BCUT2D eigenvalue weighted by Crippen LogP contribution is -2.27. The van der Waals surface area contributed by atoms with Crippen molar-refractivity contribution in [2.24, 2.45) is 7.05 Å². The number of ether oxygens (including phenoxy) is 1. The minimum Gasteiger partial charge on any atom is -0.497 e. The molecular formula is C16H22ClN5O2. The lowest BCUT2D eigenvalue weighted by Gasteiger charge is -2.19. The molecule has 1 saturated heterocycles. The summed E-state index contributed by atoms with van der Waals surface area (Å²) in [6.07, 6.45) is 2.05. The molecule has 24 heavy (non-hydrogen) atoms. The highest BCUT2D eigenvalue weighted by atomic mass is 35.5. The van der Waals surface area contributed by atoms with Crippen LogP contribution in [0.1, 0.15) is 34.9 Å². The molecule has 1 fully saturated rings. The lowest BCUT2D eigenvalue weighted by atomic mass is 9.98. The van der Waals surface area contributed by atoms with E-state index in [4.69, 9.17) is 4.74 Å². The van der Waals surface area contributed by atoms with Gasteiger partial charge in [-0.05, 0) is 50.2 Å². The highest BCUT2D eigenvalue weighted by Crippen LogP contribution is 2.23. The van der Waals surface area contributed by atoms with Gasteiger partial charge in [0.1, 0.15) is 5.75 Å². The molecule has 8 heteroatoms. The van der Waals surface area contributed by atoms with E-state index in [1.54, 1.807) is 43.1 Å². The molecule has 0 spiro atoms. The minimum absolute atomic E-state index is 0. The van der Waals surface area contributed by atoms with Gasteiger partial charge in [0.2, 0.25) is 5.95 Å². The van der Waals surface area contributed by atoms with E-state index >= 15 is 0 Å². The summed E-state index contributed by atoms with van der Waals surface area (Å²) in [6, 6.07) is 6.95. The summed E-state index contributed by atoms with van der Waals surface area (Å²) in [5.74, 6) is 2.14. The number of carbonyl (C=O) groups excluding carboxylic acids is 1. The van der Waals surface area contributed by atoms with Gasteiger partial charge in [-0.15, -0.1) is 12.4 Å². The van der Waals surface area contributed by atoms with Crippen LogP contribution in [0.15, 0.2) is 24.3 Å². The van der Waals surface area contributed by atoms with E-state index in [0.717, 1.165) is 31.8 Å². The average molecular weight is 352 g/mol. The Morgan fingerprint density at radius 3 is 2.58 bits per heavy atom. The number of amides is 1. The van der Waals surface area contributed by atoms with Crippen molar-refractivity contribution >= 4 is 24.3 Å². The fourth-order valence-corrected chi connectivity index (χ4v) is 2.68. The predicted molar refractivity (Wildman–Crippen MR) is 94.0 cm³/mol. The molecule has 0 aliphatic carbocycles. The lowest BCUT2D eigenvalue weighted by molar-refractivity contribution is 0.102. The van der Waals surface area contributed by atoms with Gasteiger partial charge >= 0.3 is 0 Å². The Bertz CT molecular complexity index is 680. The number of aryl methyl sites for hydroxylation is 1. The third-order valence-corrected chi connectivity index (χ3v) is 4.06. The van der Waals surface area contributed by atoms with Gasteiger partial charge in [-0.1, -0.05) is 0 Å². The third-order valence-electron chi connectivity index (χ3n) is 4.06. The molecule has 0 saturated carbocycles. The first-order valence-electron chi connectivity index (χ1n) is 7.74. The van der Waals surface area contributed by atoms with Crippen LogP contribution in [0.3, 0.4) is 0 Å². The molecule has 1 amide bonds. The molecule has 2 heterocycles. The summed E-state index contributed by atoms with van der Waals surface area (Å²) in [5, 5.41) is 10.6. The van der Waals surface area contributed by atoms with Gasteiger partial charge in [0.25, 0.3) is 5.91 Å². The van der Waals surface area contributed by atoms with E-state index in [2.05, 4.69) is 20.7 Å². The zero-order valence-electron chi connectivity index (χ0n) is 13.8. The normalized spacial score (nSPS) is 14.8. The van der Waals surface area contributed by atoms with E-state index in [1.165, 1.54) is 0 Å². The number of hydrogen-bond acceptors (Lipinski definition) is 5. The molecule has 2 aromatic rings. The number of piperidine rings is 1. The minimum atomic E-state index is -0.208. The Morgan fingerprint density at radius 2 is 1.96 bits per heavy atom. The van der Waals surface area contributed by atoms with Gasteiger partial charge in [0.05, 0.1) is 7.11 Å². The maximum atomic E-state index is 12.3. The van der Waals surface area contributed by atoms with E-state index in [9.17, 15) is 4.79 Å². The van der Waals surface area contributed by atoms with Gasteiger partial charge in [-0.25, -0.2) is 4.68 Å².